The van der Waals surface area contributed by atoms with E-state index < -0.39 is 5.92 Å². The predicted molar refractivity (Wildman–Crippen MR) is 121 cm³/mol. The van der Waals surface area contributed by atoms with Gasteiger partial charge >= 0.3 is 0 Å². The normalized spacial score (nSPS) is 26.5. The van der Waals surface area contributed by atoms with Crippen LogP contribution in [0, 0.1) is 11.8 Å². The minimum absolute atomic E-state index is 0.0239. The molecule has 1 aromatic rings. The van der Waals surface area contributed by atoms with Crippen LogP contribution < -0.4 is 10.2 Å². The molecule has 0 bridgehead atoms. The maximum absolute atomic E-state index is 12.8. The molecule has 6 nitrogen and oxygen atoms in total. The number of nitrogens with one attached hydrogen (secondary N) is 1. The molecule has 1 N–H and O–H groups in total. The second-order valence-corrected chi connectivity index (χ2v) is 9.28. The van der Waals surface area contributed by atoms with Crippen LogP contribution in [0.25, 0.3) is 0 Å². The molecule has 0 aromatic heterocycles. The summed E-state index contributed by atoms with van der Waals surface area (Å²) in [5.41, 5.74) is 4.20. The lowest BCUT2D eigenvalue weighted by Crippen LogP contribution is -2.37. The number of fused-ring (bicyclic) bond motifs is 2. The highest BCUT2D eigenvalue weighted by Gasteiger charge is 2.36. The Morgan fingerprint density at radius 3 is 2.87 bits per heavy atom. The van der Waals surface area contributed by atoms with Crippen LogP contribution in [0.15, 0.2) is 68.8 Å². The Kier molecular flexibility index (Phi) is 5.22. The number of rotatable bonds is 2. The molecule has 1 saturated heterocycles. The highest BCUT2D eigenvalue weighted by molar-refractivity contribution is 9.10. The van der Waals surface area contributed by atoms with Gasteiger partial charge in [0, 0.05) is 40.3 Å². The fourth-order valence-corrected chi connectivity index (χ4v) is 5.19. The summed E-state index contributed by atoms with van der Waals surface area (Å²) in [6.07, 6.45) is 9.76. The van der Waals surface area contributed by atoms with E-state index in [9.17, 15) is 14.4 Å². The Bertz CT molecular complexity index is 1110. The molecule has 0 radical (unpaired) electrons. The lowest BCUT2D eigenvalue weighted by atomic mass is 9.77. The van der Waals surface area contributed by atoms with Crippen molar-refractivity contribution in [2.24, 2.45) is 16.8 Å². The van der Waals surface area contributed by atoms with Gasteiger partial charge in [0.1, 0.15) is 0 Å². The molecule has 2 aliphatic heterocycles. The van der Waals surface area contributed by atoms with E-state index >= 15 is 0 Å². The molecule has 2 atom stereocenters. The topological polar surface area (TPSA) is 78.8 Å². The number of allylic oxidation sites excluding steroid dienone is 3. The van der Waals surface area contributed by atoms with E-state index in [4.69, 9.17) is 0 Å². The van der Waals surface area contributed by atoms with Crippen LogP contribution in [0.5, 0.6) is 0 Å². The molecule has 1 aromatic carbocycles. The first-order chi connectivity index (χ1) is 15.0. The zero-order valence-electron chi connectivity index (χ0n) is 16.9. The van der Waals surface area contributed by atoms with Crippen LogP contribution in [0.1, 0.15) is 32.1 Å². The maximum atomic E-state index is 12.8. The molecule has 1 fully saturated rings. The molecule has 2 heterocycles. The van der Waals surface area contributed by atoms with Gasteiger partial charge in [0.2, 0.25) is 5.91 Å². The van der Waals surface area contributed by atoms with Gasteiger partial charge in [0.15, 0.2) is 0 Å². The van der Waals surface area contributed by atoms with Crippen molar-refractivity contribution >= 4 is 45.1 Å². The van der Waals surface area contributed by atoms with Gasteiger partial charge in [-0.25, -0.2) is 4.99 Å². The highest BCUT2D eigenvalue weighted by atomic mass is 79.9. The highest BCUT2D eigenvalue weighted by Crippen LogP contribution is 2.38. The van der Waals surface area contributed by atoms with Crippen LogP contribution >= 0.6 is 15.9 Å². The molecule has 7 heteroatoms. The maximum Gasteiger partial charge on any atom is 0.251 e. The largest absolute Gasteiger partial charge is 0.325 e. The van der Waals surface area contributed by atoms with E-state index in [0.717, 1.165) is 47.1 Å². The average molecular weight is 480 g/mol. The molecule has 4 aliphatic rings. The summed E-state index contributed by atoms with van der Waals surface area (Å²) >= 11 is 3.42. The molecule has 5 rings (SSSR count). The molecule has 158 valence electrons. The van der Waals surface area contributed by atoms with E-state index in [1.165, 1.54) is 5.57 Å². The molecule has 31 heavy (non-hydrogen) atoms. The number of hydrogen-bond donors (Lipinski definition) is 1. The van der Waals surface area contributed by atoms with Crippen molar-refractivity contribution in [3.05, 3.63) is 63.8 Å². The number of carbonyl (C=O) groups excluding carboxylic acids is 3. The monoisotopic (exact) mass is 479 g/mol. The molecular weight excluding hydrogens is 458 g/mol. The third-order valence-corrected chi connectivity index (χ3v) is 6.84. The minimum atomic E-state index is -0.475. The molecule has 2 aliphatic carbocycles. The average Bonchev–Trinajstić information content (AvgIpc) is 3.16. The van der Waals surface area contributed by atoms with Gasteiger partial charge in [-0.15, -0.1) is 0 Å². The first kappa shape index (κ1) is 20.1. The number of carbonyl (C=O) groups is 3. The van der Waals surface area contributed by atoms with Crippen LogP contribution in [0.4, 0.5) is 5.69 Å². The third kappa shape index (κ3) is 3.83. The zero-order chi connectivity index (χ0) is 21.5. The van der Waals surface area contributed by atoms with E-state index in [1.807, 2.05) is 36.4 Å². The van der Waals surface area contributed by atoms with Crippen LogP contribution in [0.2, 0.25) is 0 Å². The van der Waals surface area contributed by atoms with Gasteiger partial charge in [-0.1, -0.05) is 28.1 Å². The molecule has 0 spiro atoms. The predicted octanol–water partition coefficient (Wildman–Crippen LogP) is 3.84. The molecular formula is C24H22BrN3O3. The number of hydrogen-bond acceptors (Lipinski definition) is 3. The summed E-state index contributed by atoms with van der Waals surface area (Å²) in [6.45, 7) is 0.320. The second-order valence-electron chi connectivity index (χ2n) is 8.36. The quantitative estimate of drug-likeness (QED) is 0.699. The van der Waals surface area contributed by atoms with Crippen molar-refractivity contribution in [1.29, 1.82) is 0 Å². The molecule has 2 unspecified atom stereocenters. The number of nitrogens with zero attached hydrogens (tertiary/aromatic N) is 2. The van der Waals surface area contributed by atoms with Gasteiger partial charge in [-0.2, -0.15) is 0 Å². The summed E-state index contributed by atoms with van der Waals surface area (Å²) < 4.78 is 0.882. The fraction of sp³-hybridized carbons (Fsp3) is 0.333. The van der Waals surface area contributed by atoms with Crippen molar-refractivity contribution in [3.63, 3.8) is 0 Å². The summed E-state index contributed by atoms with van der Waals surface area (Å²) in [5, 5.41) is 2.99. The van der Waals surface area contributed by atoms with E-state index in [2.05, 4.69) is 26.2 Å². The van der Waals surface area contributed by atoms with Gasteiger partial charge in [0.05, 0.1) is 11.6 Å². The van der Waals surface area contributed by atoms with Gasteiger partial charge in [-0.05, 0) is 61.6 Å². The Balaban J connectivity index is 1.33. The first-order valence-corrected chi connectivity index (χ1v) is 11.4. The van der Waals surface area contributed by atoms with E-state index in [1.54, 1.807) is 11.0 Å². The third-order valence-electron chi connectivity index (χ3n) is 6.35. The van der Waals surface area contributed by atoms with Crippen LogP contribution in [0.3, 0.4) is 0 Å². The SMILES string of the molecule is O=C1NC2=CC(=NC(=O)C3CC(=O)N(c4cccc(Br)c4)C3)C=CC2C2=C1CCCC2. The number of aliphatic imine (C=N–C) groups is 1. The smallest absolute Gasteiger partial charge is 0.251 e. The fourth-order valence-electron chi connectivity index (χ4n) is 4.81. The van der Waals surface area contributed by atoms with Crippen molar-refractivity contribution < 1.29 is 14.4 Å². The second kappa shape index (κ2) is 8.04. The van der Waals surface area contributed by atoms with E-state index in [-0.39, 0.29) is 30.1 Å². The summed E-state index contributed by atoms with van der Waals surface area (Å²) in [5.74, 6) is -0.811. The van der Waals surface area contributed by atoms with Gasteiger partial charge in [-0.3, -0.25) is 14.4 Å². The van der Waals surface area contributed by atoms with Crippen molar-refractivity contribution in [3.8, 4) is 0 Å². The van der Waals surface area contributed by atoms with Gasteiger partial charge in [0.25, 0.3) is 11.8 Å². The number of benzene rings is 1. The Labute approximate surface area is 188 Å². The lowest BCUT2D eigenvalue weighted by molar-refractivity contribution is -0.123. The molecule has 0 saturated carbocycles. The zero-order valence-corrected chi connectivity index (χ0v) is 18.5. The van der Waals surface area contributed by atoms with Crippen LogP contribution in [-0.4, -0.2) is 30.0 Å². The standard InChI is InChI=1S/C24H22BrN3O3/c25-15-4-3-5-17(11-15)28-13-14(10-22(28)29)23(30)26-16-8-9-19-18-6-1-2-7-20(18)24(31)27-21(19)12-16/h3-5,8-9,11-12,14,19H,1-2,6-7,10,13H2,(H,27,31). The summed E-state index contributed by atoms with van der Waals surface area (Å²) in [6, 6.07) is 7.48. The Hall–Kier alpha value is -2.80. The van der Waals surface area contributed by atoms with Crippen LogP contribution in [-0.2, 0) is 14.4 Å². The molecule has 3 amide bonds. The number of anilines is 1. The minimum Gasteiger partial charge on any atom is -0.325 e. The number of amides is 3. The van der Waals surface area contributed by atoms with Crippen molar-refractivity contribution in [1.82, 2.24) is 5.32 Å². The Morgan fingerprint density at radius 1 is 1.19 bits per heavy atom. The summed E-state index contributed by atoms with van der Waals surface area (Å²) in [4.78, 5) is 43.7. The lowest BCUT2D eigenvalue weighted by Gasteiger charge is -2.33. The first-order valence-electron chi connectivity index (χ1n) is 10.6. The Morgan fingerprint density at radius 2 is 2.03 bits per heavy atom. The van der Waals surface area contributed by atoms with Crippen molar-refractivity contribution in [2.45, 2.75) is 32.1 Å². The van der Waals surface area contributed by atoms with Gasteiger partial charge < -0.3 is 10.2 Å². The van der Waals surface area contributed by atoms with E-state index in [0.29, 0.717) is 12.3 Å². The number of halogens is 1. The van der Waals surface area contributed by atoms with Crippen molar-refractivity contribution in [2.75, 3.05) is 11.4 Å². The summed E-state index contributed by atoms with van der Waals surface area (Å²) in [7, 11) is 0.